The van der Waals surface area contributed by atoms with Gasteiger partial charge in [-0.05, 0) is 41.8 Å². The molecule has 2 N–H and O–H groups in total. The number of rotatable bonds is 2. The van der Waals surface area contributed by atoms with Crippen LogP contribution in [0, 0.1) is 6.92 Å². The smallest absolute Gasteiger partial charge is 0.271 e. The number of amides is 2. The van der Waals surface area contributed by atoms with Crippen LogP contribution in [-0.4, -0.2) is 27.3 Å². The zero-order chi connectivity index (χ0) is 19.3. The number of aryl methyl sites for hydroxylation is 2. The lowest BCUT2D eigenvalue weighted by molar-refractivity contribution is -0.122. The molecule has 1 aromatic heterocycles. The summed E-state index contributed by atoms with van der Waals surface area (Å²) in [6.45, 7) is 2.27. The number of hydrogen-bond donors (Lipinski definition) is 1. The molecule has 0 aliphatic carbocycles. The van der Waals surface area contributed by atoms with Gasteiger partial charge in [0.15, 0.2) is 0 Å². The van der Waals surface area contributed by atoms with Crippen molar-refractivity contribution in [2.24, 2.45) is 12.8 Å². The highest BCUT2D eigenvalue weighted by atomic mass is 35.5. The highest BCUT2D eigenvalue weighted by molar-refractivity contribution is 6.31. The second kappa shape index (κ2) is 6.43. The molecule has 1 atom stereocenters. The predicted octanol–water partition coefficient (Wildman–Crippen LogP) is 3.19. The molecule has 2 aromatic carbocycles. The van der Waals surface area contributed by atoms with Gasteiger partial charge < -0.3 is 15.2 Å². The first-order valence-corrected chi connectivity index (χ1v) is 9.18. The maximum Gasteiger partial charge on any atom is 0.271 e. The average Bonchev–Trinajstić information content (AvgIpc) is 2.90. The number of hydrogen-bond acceptors (Lipinski definition) is 2. The molecule has 27 heavy (non-hydrogen) atoms. The SMILES string of the molecule is Cc1c(C(=O)N2Cc3ccccc3CC2C(N)=O)n(C)c2ccc(Cl)cc12. The van der Waals surface area contributed by atoms with Crippen molar-refractivity contribution in [3.8, 4) is 0 Å². The molecule has 1 aliphatic rings. The van der Waals surface area contributed by atoms with Gasteiger partial charge in [-0.1, -0.05) is 35.9 Å². The van der Waals surface area contributed by atoms with Crippen molar-refractivity contribution in [2.45, 2.75) is 25.9 Å². The second-order valence-corrected chi connectivity index (χ2v) is 7.45. The van der Waals surface area contributed by atoms with Crippen LogP contribution < -0.4 is 5.73 Å². The molecule has 2 heterocycles. The quantitative estimate of drug-likeness (QED) is 0.740. The fourth-order valence-electron chi connectivity index (χ4n) is 4.03. The number of carbonyl (C=O) groups excluding carboxylic acids is 2. The Morgan fingerprint density at radius 1 is 1.15 bits per heavy atom. The maximum absolute atomic E-state index is 13.5. The van der Waals surface area contributed by atoms with E-state index in [2.05, 4.69) is 0 Å². The van der Waals surface area contributed by atoms with Gasteiger partial charge in [0.1, 0.15) is 11.7 Å². The van der Waals surface area contributed by atoms with Gasteiger partial charge in [0.05, 0.1) is 0 Å². The molecule has 0 saturated carbocycles. The van der Waals surface area contributed by atoms with Crippen LogP contribution in [0.25, 0.3) is 10.9 Å². The highest BCUT2D eigenvalue weighted by Gasteiger charge is 2.35. The van der Waals surface area contributed by atoms with Crippen molar-refractivity contribution in [1.29, 1.82) is 0 Å². The van der Waals surface area contributed by atoms with Crippen molar-refractivity contribution in [3.05, 3.63) is 69.9 Å². The Bertz CT molecular complexity index is 1090. The summed E-state index contributed by atoms with van der Waals surface area (Å²) >= 11 is 6.14. The van der Waals surface area contributed by atoms with E-state index in [-0.39, 0.29) is 5.91 Å². The van der Waals surface area contributed by atoms with Gasteiger partial charge in [-0.25, -0.2) is 0 Å². The summed E-state index contributed by atoms with van der Waals surface area (Å²) in [6, 6.07) is 12.8. The van der Waals surface area contributed by atoms with Gasteiger partial charge in [0, 0.05) is 35.9 Å². The van der Waals surface area contributed by atoms with Crippen LogP contribution in [0.4, 0.5) is 0 Å². The molecule has 0 radical (unpaired) electrons. The summed E-state index contributed by atoms with van der Waals surface area (Å²) in [7, 11) is 1.85. The highest BCUT2D eigenvalue weighted by Crippen LogP contribution is 2.31. The van der Waals surface area contributed by atoms with Gasteiger partial charge in [-0.3, -0.25) is 9.59 Å². The van der Waals surface area contributed by atoms with E-state index < -0.39 is 11.9 Å². The average molecular weight is 382 g/mol. The predicted molar refractivity (Wildman–Crippen MR) is 106 cm³/mol. The van der Waals surface area contributed by atoms with Crippen LogP contribution in [0.15, 0.2) is 42.5 Å². The Labute approximate surface area is 162 Å². The van der Waals surface area contributed by atoms with Crippen LogP contribution in [0.3, 0.4) is 0 Å². The molecular weight excluding hydrogens is 362 g/mol. The van der Waals surface area contributed by atoms with E-state index >= 15 is 0 Å². The Balaban J connectivity index is 1.82. The van der Waals surface area contributed by atoms with E-state index in [0.717, 1.165) is 27.6 Å². The van der Waals surface area contributed by atoms with Gasteiger partial charge in [-0.2, -0.15) is 0 Å². The van der Waals surface area contributed by atoms with Crippen LogP contribution in [0.2, 0.25) is 5.02 Å². The Hall–Kier alpha value is -2.79. The van der Waals surface area contributed by atoms with Crippen LogP contribution in [-0.2, 0) is 24.8 Å². The van der Waals surface area contributed by atoms with Crippen LogP contribution in [0.5, 0.6) is 0 Å². The second-order valence-electron chi connectivity index (χ2n) is 7.02. The lowest BCUT2D eigenvalue weighted by atomic mass is 9.93. The number of aromatic nitrogens is 1. The molecule has 0 saturated heterocycles. The third-order valence-electron chi connectivity index (χ3n) is 5.45. The van der Waals surface area contributed by atoms with Crippen molar-refractivity contribution >= 4 is 34.3 Å². The van der Waals surface area contributed by atoms with Gasteiger partial charge in [0.25, 0.3) is 5.91 Å². The molecule has 4 rings (SSSR count). The van der Waals surface area contributed by atoms with Crippen molar-refractivity contribution < 1.29 is 9.59 Å². The number of nitrogens with two attached hydrogens (primary N) is 1. The number of benzene rings is 2. The van der Waals surface area contributed by atoms with E-state index in [0.29, 0.717) is 23.7 Å². The lowest BCUT2D eigenvalue weighted by Crippen LogP contribution is -2.51. The Kier molecular flexibility index (Phi) is 4.19. The van der Waals surface area contributed by atoms with Crippen molar-refractivity contribution in [1.82, 2.24) is 9.47 Å². The summed E-state index contributed by atoms with van der Waals surface area (Å²) in [4.78, 5) is 27.2. The number of halogens is 1. The molecule has 6 heteroatoms. The van der Waals surface area contributed by atoms with Gasteiger partial charge >= 0.3 is 0 Å². The number of primary amides is 1. The third kappa shape index (κ3) is 2.79. The van der Waals surface area contributed by atoms with Crippen molar-refractivity contribution in [3.63, 3.8) is 0 Å². The first-order chi connectivity index (χ1) is 12.9. The zero-order valence-corrected chi connectivity index (χ0v) is 16.0. The first-order valence-electron chi connectivity index (χ1n) is 8.80. The number of nitrogens with zero attached hydrogens (tertiary/aromatic N) is 2. The fourth-order valence-corrected chi connectivity index (χ4v) is 4.20. The molecule has 5 nitrogen and oxygen atoms in total. The summed E-state index contributed by atoms with van der Waals surface area (Å²) in [5.74, 6) is -0.682. The normalized spacial score (nSPS) is 16.4. The van der Waals surface area contributed by atoms with Crippen LogP contribution >= 0.6 is 11.6 Å². The summed E-state index contributed by atoms with van der Waals surface area (Å²) in [5, 5.41) is 1.55. The molecule has 0 fully saturated rings. The van der Waals surface area contributed by atoms with Gasteiger partial charge in [0.2, 0.25) is 5.91 Å². The molecule has 138 valence electrons. The van der Waals surface area contributed by atoms with Crippen LogP contribution in [0.1, 0.15) is 27.2 Å². The van der Waals surface area contributed by atoms with E-state index in [4.69, 9.17) is 17.3 Å². The van der Waals surface area contributed by atoms with Gasteiger partial charge in [-0.15, -0.1) is 0 Å². The third-order valence-corrected chi connectivity index (χ3v) is 5.69. The van der Waals surface area contributed by atoms with E-state index in [1.165, 1.54) is 0 Å². The minimum Gasteiger partial charge on any atom is -0.368 e. The van der Waals surface area contributed by atoms with E-state index in [9.17, 15) is 9.59 Å². The maximum atomic E-state index is 13.5. The minimum atomic E-state index is -0.659. The molecule has 0 spiro atoms. The first kappa shape index (κ1) is 17.6. The van der Waals surface area contributed by atoms with Crippen molar-refractivity contribution in [2.75, 3.05) is 0 Å². The van der Waals surface area contributed by atoms with E-state index in [1.807, 2.05) is 54.9 Å². The fraction of sp³-hybridized carbons (Fsp3) is 0.238. The molecule has 0 bridgehead atoms. The summed E-state index contributed by atoms with van der Waals surface area (Å²) < 4.78 is 1.86. The summed E-state index contributed by atoms with van der Waals surface area (Å²) in [6.07, 6.45) is 0.437. The minimum absolute atomic E-state index is 0.194. The largest absolute Gasteiger partial charge is 0.368 e. The molecule has 1 aliphatic heterocycles. The summed E-state index contributed by atoms with van der Waals surface area (Å²) in [5.41, 5.74) is 10.1. The molecule has 1 unspecified atom stereocenters. The molecule has 2 amide bonds. The standard InChI is InChI=1S/C21H20ClN3O2/c1-12-16-10-15(22)7-8-17(16)24(2)19(12)21(27)25-11-14-6-4-3-5-13(14)9-18(25)20(23)26/h3-8,10,18H,9,11H2,1-2H3,(H2,23,26). The topological polar surface area (TPSA) is 68.3 Å². The monoisotopic (exact) mass is 381 g/mol. The molecular formula is C21H20ClN3O2. The molecule has 3 aromatic rings. The van der Waals surface area contributed by atoms with E-state index in [1.54, 1.807) is 11.0 Å². The Morgan fingerprint density at radius 2 is 1.85 bits per heavy atom. The lowest BCUT2D eigenvalue weighted by Gasteiger charge is -2.35. The Morgan fingerprint density at radius 3 is 2.56 bits per heavy atom. The number of fused-ring (bicyclic) bond motifs is 2. The number of carbonyl (C=O) groups is 2. The zero-order valence-electron chi connectivity index (χ0n) is 15.2.